The Hall–Kier alpha value is -1.40. The second-order valence-corrected chi connectivity index (χ2v) is 5.09. The Morgan fingerprint density at radius 1 is 1.60 bits per heavy atom. The normalized spacial score (nSPS) is 20.0. The van der Waals surface area contributed by atoms with Crippen LogP contribution in [-0.4, -0.2) is 53.3 Å². The van der Waals surface area contributed by atoms with Crippen LogP contribution < -0.4 is 0 Å². The van der Waals surface area contributed by atoms with Crippen molar-refractivity contribution in [1.82, 2.24) is 14.5 Å². The van der Waals surface area contributed by atoms with Crippen molar-refractivity contribution in [1.29, 1.82) is 0 Å². The van der Waals surface area contributed by atoms with Crippen molar-refractivity contribution in [2.24, 2.45) is 0 Å². The number of nitrogens with zero attached hydrogens (tertiary/aromatic N) is 3. The molecule has 1 unspecified atom stereocenters. The maximum Gasteiger partial charge on any atom is 0.308 e. The van der Waals surface area contributed by atoms with Gasteiger partial charge in [0.2, 0.25) is 0 Å². The number of aromatic nitrogens is 2. The highest BCUT2D eigenvalue weighted by Gasteiger charge is 2.23. The first-order chi connectivity index (χ1) is 9.72. The molecule has 0 amide bonds. The number of imidazole rings is 1. The van der Waals surface area contributed by atoms with Crippen molar-refractivity contribution >= 4 is 5.97 Å². The van der Waals surface area contributed by atoms with Gasteiger partial charge in [-0.2, -0.15) is 0 Å². The fourth-order valence-electron chi connectivity index (χ4n) is 2.47. The van der Waals surface area contributed by atoms with Gasteiger partial charge in [-0.15, -0.1) is 0 Å². The van der Waals surface area contributed by atoms with Crippen molar-refractivity contribution in [3.8, 4) is 0 Å². The summed E-state index contributed by atoms with van der Waals surface area (Å²) < 4.78 is 12.5. The Morgan fingerprint density at radius 3 is 3.20 bits per heavy atom. The number of ether oxygens (including phenoxy) is 2. The van der Waals surface area contributed by atoms with Gasteiger partial charge >= 0.3 is 5.97 Å². The lowest BCUT2D eigenvalue weighted by atomic mass is 10.2. The summed E-state index contributed by atoms with van der Waals surface area (Å²) in [4.78, 5) is 17.8. The fraction of sp³-hybridized carbons (Fsp3) is 0.714. The summed E-state index contributed by atoms with van der Waals surface area (Å²) in [5, 5.41) is 0. The average molecular weight is 281 g/mol. The molecule has 2 heterocycles. The van der Waals surface area contributed by atoms with E-state index < -0.39 is 0 Å². The molecule has 1 saturated heterocycles. The third-order valence-corrected chi connectivity index (χ3v) is 3.49. The molecule has 112 valence electrons. The van der Waals surface area contributed by atoms with Gasteiger partial charge in [-0.05, 0) is 6.42 Å². The van der Waals surface area contributed by atoms with E-state index in [9.17, 15) is 4.79 Å². The fourth-order valence-corrected chi connectivity index (χ4v) is 2.47. The van der Waals surface area contributed by atoms with Crippen molar-refractivity contribution in [3.63, 3.8) is 0 Å². The number of carbonyl (C=O) groups is 1. The van der Waals surface area contributed by atoms with Crippen molar-refractivity contribution in [2.75, 3.05) is 26.8 Å². The largest absolute Gasteiger partial charge is 0.469 e. The molecule has 0 N–H and O–H groups in total. The lowest BCUT2D eigenvalue weighted by Gasteiger charge is -2.32. The molecule has 0 spiro atoms. The van der Waals surface area contributed by atoms with Gasteiger partial charge in [-0.3, -0.25) is 9.69 Å². The van der Waals surface area contributed by atoms with Crippen LogP contribution in [0.1, 0.15) is 25.5 Å². The van der Waals surface area contributed by atoms with Gasteiger partial charge in [0, 0.05) is 32.4 Å². The number of esters is 1. The first kappa shape index (κ1) is 15.0. The second kappa shape index (κ2) is 7.40. The number of aryl methyl sites for hydroxylation is 1. The lowest BCUT2D eigenvalue weighted by molar-refractivity contribution is -0.145. The van der Waals surface area contributed by atoms with E-state index in [4.69, 9.17) is 9.47 Å². The van der Waals surface area contributed by atoms with Crippen LogP contribution in [0.15, 0.2) is 12.5 Å². The zero-order valence-corrected chi connectivity index (χ0v) is 12.2. The van der Waals surface area contributed by atoms with Crippen LogP contribution in [0.5, 0.6) is 0 Å². The minimum absolute atomic E-state index is 0.0706. The average Bonchev–Trinajstić information content (AvgIpc) is 2.87. The Labute approximate surface area is 119 Å². The van der Waals surface area contributed by atoms with Gasteiger partial charge in [-0.25, -0.2) is 4.98 Å². The summed E-state index contributed by atoms with van der Waals surface area (Å²) in [6.45, 7) is 6.29. The van der Waals surface area contributed by atoms with Gasteiger partial charge < -0.3 is 14.0 Å². The van der Waals surface area contributed by atoms with Gasteiger partial charge in [-0.1, -0.05) is 6.92 Å². The molecule has 0 aliphatic carbocycles. The molecule has 1 aliphatic rings. The van der Waals surface area contributed by atoms with Crippen LogP contribution in [-0.2, 0) is 27.4 Å². The SMILES string of the molecule is CCCn1cncc1CN1CCOC(CC(=O)OC)C1. The third-order valence-electron chi connectivity index (χ3n) is 3.49. The topological polar surface area (TPSA) is 56.6 Å². The summed E-state index contributed by atoms with van der Waals surface area (Å²) in [5.41, 5.74) is 1.21. The van der Waals surface area contributed by atoms with E-state index in [0.717, 1.165) is 32.6 Å². The summed E-state index contributed by atoms with van der Waals surface area (Å²) in [5.74, 6) is -0.215. The number of carbonyl (C=O) groups excluding carboxylic acids is 1. The number of hydrogen-bond donors (Lipinski definition) is 0. The van der Waals surface area contributed by atoms with E-state index in [1.54, 1.807) is 0 Å². The Balaban J connectivity index is 1.89. The van der Waals surface area contributed by atoms with Gasteiger partial charge in [0.1, 0.15) is 0 Å². The van der Waals surface area contributed by atoms with Crippen LogP contribution in [0, 0.1) is 0 Å². The zero-order valence-electron chi connectivity index (χ0n) is 12.2. The number of hydrogen-bond acceptors (Lipinski definition) is 5. The monoisotopic (exact) mass is 281 g/mol. The molecule has 6 nitrogen and oxygen atoms in total. The molecule has 0 radical (unpaired) electrons. The maximum absolute atomic E-state index is 11.3. The molecule has 0 bridgehead atoms. The van der Waals surface area contributed by atoms with E-state index in [0.29, 0.717) is 13.0 Å². The summed E-state index contributed by atoms with van der Waals surface area (Å²) in [7, 11) is 1.41. The lowest BCUT2D eigenvalue weighted by Crippen LogP contribution is -2.43. The van der Waals surface area contributed by atoms with Gasteiger partial charge in [0.05, 0.1) is 38.3 Å². The highest BCUT2D eigenvalue weighted by Crippen LogP contribution is 2.13. The Bertz CT molecular complexity index is 433. The quantitative estimate of drug-likeness (QED) is 0.730. The molecule has 1 aromatic heterocycles. The van der Waals surface area contributed by atoms with E-state index in [1.165, 1.54) is 12.8 Å². The first-order valence-corrected chi connectivity index (χ1v) is 7.12. The first-order valence-electron chi connectivity index (χ1n) is 7.12. The van der Waals surface area contributed by atoms with Crippen LogP contribution in [0.4, 0.5) is 0 Å². The molecule has 1 aliphatic heterocycles. The standard InChI is InChI=1S/C14H23N3O3/c1-3-4-17-11-15-8-12(17)9-16-5-6-20-13(10-16)7-14(18)19-2/h8,11,13H,3-7,9-10H2,1-2H3. The van der Waals surface area contributed by atoms with Crippen molar-refractivity contribution in [2.45, 2.75) is 39.0 Å². The molecular weight excluding hydrogens is 258 g/mol. The zero-order chi connectivity index (χ0) is 14.4. The molecule has 2 rings (SSSR count). The molecule has 0 saturated carbocycles. The molecule has 1 fully saturated rings. The number of rotatable bonds is 6. The highest BCUT2D eigenvalue weighted by atomic mass is 16.5. The van der Waals surface area contributed by atoms with Gasteiger partial charge in [0.25, 0.3) is 0 Å². The van der Waals surface area contributed by atoms with Crippen LogP contribution in [0.2, 0.25) is 0 Å². The minimum atomic E-state index is -0.215. The molecule has 20 heavy (non-hydrogen) atoms. The van der Waals surface area contributed by atoms with E-state index in [-0.39, 0.29) is 12.1 Å². The van der Waals surface area contributed by atoms with Crippen LogP contribution >= 0.6 is 0 Å². The summed E-state index contributed by atoms with van der Waals surface area (Å²) in [6, 6.07) is 0. The van der Waals surface area contributed by atoms with E-state index in [2.05, 4.69) is 21.4 Å². The Kier molecular flexibility index (Phi) is 5.55. The third kappa shape index (κ3) is 4.05. The van der Waals surface area contributed by atoms with Crippen LogP contribution in [0.3, 0.4) is 0 Å². The Morgan fingerprint density at radius 2 is 2.45 bits per heavy atom. The molecular formula is C14H23N3O3. The van der Waals surface area contributed by atoms with E-state index >= 15 is 0 Å². The second-order valence-electron chi connectivity index (χ2n) is 5.09. The summed E-state index contributed by atoms with van der Waals surface area (Å²) in [6.07, 6.45) is 5.14. The smallest absolute Gasteiger partial charge is 0.308 e. The molecule has 0 aromatic carbocycles. The molecule has 1 aromatic rings. The number of methoxy groups -OCH3 is 1. The van der Waals surface area contributed by atoms with Crippen molar-refractivity contribution < 1.29 is 14.3 Å². The molecule has 6 heteroatoms. The van der Waals surface area contributed by atoms with Crippen molar-refractivity contribution in [3.05, 3.63) is 18.2 Å². The van der Waals surface area contributed by atoms with Gasteiger partial charge in [0.15, 0.2) is 0 Å². The van der Waals surface area contributed by atoms with Crippen LogP contribution in [0.25, 0.3) is 0 Å². The highest BCUT2D eigenvalue weighted by molar-refractivity contribution is 5.69. The minimum Gasteiger partial charge on any atom is -0.469 e. The van der Waals surface area contributed by atoms with E-state index in [1.807, 2.05) is 12.5 Å². The maximum atomic E-state index is 11.3. The predicted molar refractivity (Wildman–Crippen MR) is 74.2 cm³/mol. The number of morpholine rings is 1. The predicted octanol–water partition coefficient (Wildman–Crippen LogP) is 1.06. The summed E-state index contributed by atoms with van der Waals surface area (Å²) >= 11 is 0. The molecule has 1 atom stereocenters.